The number of hydrogen-bond donors (Lipinski definition) is 2. The maximum atomic E-state index is 12.7. The molecule has 0 radical (unpaired) electrons. The van der Waals surface area contributed by atoms with Crippen LogP contribution in [0.25, 0.3) is 5.65 Å². The van der Waals surface area contributed by atoms with Crippen LogP contribution in [-0.2, 0) is 14.4 Å². The molecule has 4 heterocycles. The summed E-state index contributed by atoms with van der Waals surface area (Å²) in [6, 6.07) is 11.7. The van der Waals surface area contributed by atoms with E-state index in [4.69, 9.17) is 0 Å². The second kappa shape index (κ2) is 10.2. The minimum atomic E-state index is -1.52. The number of aliphatic carboxylic acids is 1. The maximum absolute atomic E-state index is 12.7. The van der Waals surface area contributed by atoms with E-state index < -0.39 is 28.9 Å². The van der Waals surface area contributed by atoms with Gasteiger partial charge in [0.15, 0.2) is 16.7 Å². The number of thioether (sulfide) groups is 2. The molecule has 5 rings (SSSR count). The van der Waals surface area contributed by atoms with E-state index in [0.717, 1.165) is 4.90 Å². The minimum Gasteiger partial charge on any atom is -0.543 e. The number of aliphatic hydroxyl groups excluding tert-OH is 1. The number of tetrazole rings is 1. The van der Waals surface area contributed by atoms with Gasteiger partial charge in [0.1, 0.15) is 5.03 Å². The number of carboxylic acid groups (broad SMARTS) is 1. The van der Waals surface area contributed by atoms with Gasteiger partial charge < -0.3 is 20.3 Å². The molecule has 2 atom stereocenters. The van der Waals surface area contributed by atoms with Crippen LogP contribution in [0.5, 0.6) is 0 Å². The van der Waals surface area contributed by atoms with Gasteiger partial charge in [-0.05, 0) is 33.7 Å². The number of carbonyl (C=O) groups excluding carboxylic acids is 3. The molecule has 174 valence electrons. The van der Waals surface area contributed by atoms with Crippen molar-refractivity contribution in [1.82, 2.24) is 35.5 Å². The van der Waals surface area contributed by atoms with E-state index in [1.165, 1.54) is 28.2 Å². The topological polar surface area (TPSA) is 166 Å². The first-order valence-electron chi connectivity index (χ1n) is 10.0. The first kappa shape index (κ1) is 25.6. The van der Waals surface area contributed by atoms with Gasteiger partial charge in [0.25, 0.3) is 5.91 Å². The zero-order valence-corrected chi connectivity index (χ0v) is 22.0. The van der Waals surface area contributed by atoms with Gasteiger partial charge in [0.2, 0.25) is 5.91 Å². The molecule has 2 aliphatic rings. The van der Waals surface area contributed by atoms with Crippen LogP contribution in [0.2, 0.25) is 0 Å². The largest absolute Gasteiger partial charge is 1.00 e. The summed E-state index contributed by atoms with van der Waals surface area (Å²) < 4.78 is 1.25. The SMILES string of the molecule is O=C([O-])C1=C(CSc2ccc3nnnn3n2)CSC2(NC(=O)C(O)c3ccccc3)CC(=O)N12.[Na+]. The third kappa shape index (κ3) is 4.81. The van der Waals surface area contributed by atoms with E-state index in [1.54, 1.807) is 42.5 Å². The predicted octanol–water partition coefficient (Wildman–Crippen LogP) is -3.90. The number of benzene rings is 1. The molecule has 2 aliphatic heterocycles. The molecular formula is C20H16N7NaO5S2. The Hall–Kier alpha value is -2.49. The summed E-state index contributed by atoms with van der Waals surface area (Å²) in [5, 5.41) is 40.9. The third-order valence-corrected chi connectivity index (χ3v) is 7.77. The van der Waals surface area contributed by atoms with Crippen LogP contribution in [0.4, 0.5) is 0 Å². The van der Waals surface area contributed by atoms with Gasteiger partial charge >= 0.3 is 29.6 Å². The molecule has 0 aliphatic carbocycles. The molecule has 0 saturated carbocycles. The standard InChI is InChI=1S/C20H17N7O5S2.Na/c28-15-8-20(21-18(30)17(29)11-4-2-1-3-5-11)26(15)16(19(31)32)12(10-34-20)9-33-14-7-6-13-22-24-25-27(13)23-14;/h1-7,17,29H,8-10H2,(H,21,30)(H,31,32);/q;+1/p-1. The molecule has 2 aromatic heterocycles. The average molecular weight is 522 g/mol. The van der Waals surface area contributed by atoms with E-state index in [-0.39, 0.29) is 53.2 Å². The van der Waals surface area contributed by atoms with Crippen molar-refractivity contribution in [1.29, 1.82) is 0 Å². The Kier molecular flexibility index (Phi) is 7.49. The molecule has 2 N–H and O–H groups in total. The fourth-order valence-corrected chi connectivity index (χ4v) is 6.09. The average Bonchev–Trinajstić information content (AvgIpc) is 3.30. The Bertz CT molecular complexity index is 1340. The van der Waals surface area contributed by atoms with Gasteiger partial charge in [-0.15, -0.1) is 38.4 Å². The molecule has 15 heteroatoms. The molecule has 1 saturated heterocycles. The van der Waals surface area contributed by atoms with Gasteiger partial charge in [-0.1, -0.05) is 30.3 Å². The van der Waals surface area contributed by atoms with Crippen LogP contribution < -0.4 is 40.0 Å². The number of nitrogens with one attached hydrogen (secondary N) is 1. The summed E-state index contributed by atoms with van der Waals surface area (Å²) in [5.41, 5.74) is 1.03. The smallest absolute Gasteiger partial charge is 0.543 e. The van der Waals surface area contributed by atoms with Crippen LogP contribution in [0.3, 0.4) is 0 Å². The van der Waals surface area contributed by atoms with Crippen molar-refractivity contribution in [3.8, 4) is 0 Å². The molecule has 12 nitrogen and oxygen atoms in total. The Balaban J connectivity index is 0.00000289. The van der Waals surface area contributed by atoms with E-state index in [9.17, 15) is 24.6 Å². The number of carbonyl (C=O) groups is 3. The number of aliphatic hydroxyl groups is 1. The van der Waals surface area contributed by atoms with E-state index in [2.05, 4.69) is 25.9 Å². The Morgan fingerprint density at radius 2 is 2.03 bits per heavy atom. The van der Waals surface area contributed by atoms with Crippen LogP contribution in [-0.4, -0.2) is 69.5 Å². The number of carboxylic acids is 1. The number of rotatable bonds is 7. The second-order valence-corrected chi connectivity index (χ2v) is 9.76. The summed E-state index contributed by atoms with van der Waals surface area (Å²) in [7, 11) is 0. The monoisotopic (exact) mass is 521 g/mol. The first-order chi connectivity index (χ1) is 16.4. The summed E-state index contributed by atoms with van der Waals surface area (Å²) in [5.74, 6) is -2.26. The van der Waals surface area contributed by atoms with Gasteiger partial charge in [-0.25, -0.2) is 0 Å². The molecule has 0 spiro atoms. The maximum Gasteiger partial charge on any atom is 1.00 e. The predicted molar refractivity (Wildman–Crippen MR) is 118 cm³/mol. The Morgan fingerprint density at radius 3 is 2.74 bits per heavy atom. The Morgan fingerprint density at radius 1 is 1.26 bits per heavy atom. The molecule has 2 unspecified atom stereocenters. The fraction of sp³-hybridized carbons (Fsp3) is 0.250. The summed E-state index contributed by atoms with van der Waals surface area (Å²) in [4.78, 5) is 37.0. The quantitative estimate of drug-likeness (QED) is 0.177. The minimum absolute atomic E-state index is 0. The number of hydrogen-bond acceptors (Lipinski definition) is 11. The van der Waals surface area contributed by atoms with Gasteiger partial charge in [-0.2, -0.15) is 0 Å². The van der Waals surface area contributed by atoms with Crippen LogP contribution in [0.15, 0.2) is 58.8 Å². The van der Waals surface area contributed by atoms with E-state index in [1.807, 2.05) is 0 Å². The number of aromatic nitrogens is 5. The molecule has 0 bridgehead atoms. The summed E-state index contributed by atoms with van der Waals surface area (Å²) in [6.45, 7) is 0. The van der Waals surface area contributed by atoms with Gasteiger partial charge in [-0.3, -0.25) is 14.5 Å². The van der Waals surface area contributed by atoms with Crippen molar-refractivity contribution < 1.29 is 54.2 Å². The molecule has 1 aromatic carbocycles. The normalized spacial score (nSPS) is 20.0. The molecule has 2 amide bonds. The van der Waals surface area contributed by atoms with Crippen molar-refractivity contribution in [2.75, 3.05) is 11.5 Å². The van der Waals surface area contributed by atoms with Gasteiger partial charge in [0.05, 0.1) is 18.1 Å². The molecule has 1 fully saturated rings. The molecule has 3 aromatic rings. The second-order valence-electron chi connectivity index (χ2n) is 7.51. The first-order valence-corrected chi connectivity index (χ1v) is 12.0. The van der Waals surface area contributed by atoms with E-state index in [0.29, 0.717) is 21.8 Å². The van der Waals surface area contributed by atoms with Crippen molar-refractivity contribution in [2.24, 2.45) is 0 Å². The van der Waals surface area contributed by atoms with Gasteiger partial charge in [0, 0.05) is 11.5 Å². The zero-order valence-electron chi connectivity index (χ0n) is 18.3. The van der Waals surface area contributed by atoms with Crippen LogP contribution >= 0.6 is 23.5 Å². The summed E-state index contributed by atoms with van der Waals surface area (Å²) in [6.07, 6.45) is -1.56. The number of fused-ring (bicyclic) bond motifs is 2. The van der Waals surface area contributed by atoms with Crippen molar-refractivity contribution in [3.05, 3.63) is 59.3 Å². The number of β-lactam (4-membered cyclic amide) rings is 1. The fourth-order valence-electron chi connectivity index (χ4n) is 3.73. The number of nitrogens with zero attached hydrogens (tertiary/aromatic N) is 6. The number of amides is 2. The molecular weight excluding hydrogens is 505 g/mol. The van der Waals surface area contributed by atoms with Crippen molar-refractivity contribution >= 4 is 47.0 Å². The van der Waals surface area contributed by atoms with Crippen LogP contribution in [0, 0.1) is 0 Å². The van der Waals surface area contributed by atoms with Crippen LogP contribution in [0.1, 0.15) is 18.1 Å². The Labute approximate surface area is 228 Å². The van der Waals surface area contributed by atoms with Crippen molar-refractivity contribution in [3.63, 3.8) is 0 Å². The molecule has 35 heavy (non-hydrogen) atoms. The van der Waals surface area contributed by atoms with E-state index >= 15 is 0 Å². The zero-order chi connectivity index (χ0) is 23.9. The third-order valence-electron chi connectivity index (χ3n) is 5.36. The summed E-state index contributed by atoms with van der Waals surface area (Å²) >= 11 is 2.47. The van der Waals surface area contributed by atoms with Crippen molar-refractivity contribution in [2.45, 2.75) is 22.5 Å².